The van der Waals surface area contributed by atoms with Crippen LogP contribution in [-0.2, 0) is 16.1 Å². The van der Waals surface area contributed by atoms with E-state index in [0.717, 1.165) is 31.7 Å². The van der Waals surface area contributed by atoms with E-state index in [-0.39, 0.29) is 17.6 Å². The van der Waals surface area contributed by atoms with Gasteiger partial charge < -0.3 is 24.3 Å². The van der Waals surface area contributed by atoms with Gasteiger partial charge >= 0.3 is 0 Å². The van der Waals surface area contributed by atoms with Crippen molar-refractivity contribution in [2.75, 3.05) is 31.6 Å². The molecule has 3 saturated heterocycles. The quantitative estimate of drug-likeness (QED) is 0.707. The average Bonchev–Trinajstić information content (AvgIpc) is 3.52. The Morgan fingerprint density at radius 2 is 2.24 bits per heavy atom. The Kier molecular flexibility index (Phi) is 4.57. The fourth-order valence-corrected chi connectivity index (χ4v) is 5.14. The highest BCUT2D eigenvalue weighted by atomic mass is 16.5. The first kappa shape index (κ1) is 18.3. The number of fused-ring (bicyclic) bond motifs is 1. The number of hydrogen-bond acceptors (Lipinski definition) is 8. The van der Waals surface area contributed by atoms with Gasteiger partial charge in [-0.25, -0.2) is 9.97 Å². The van der Waals surface area contributed by atoms with E-state index in [1.165, 1.54) is 6.33 Å². The molecule has 10 heteroatoms. The molecule has 0 unspecified atom stereocenters. The van der Waals surface area contributed by atoms with Gasteiger partial charge in [0.05, 0.1) is 18.8 Å². The summed E-state index contributed by atoms with van der Waals surface area (Å²) in [6, 6.07) is 1.87. The van der Waals surface area contributed by atoms with Crippen LogP contribution in [0.1, 0.15) is 19.3 Å². The molecule has 10 nitrogen and oxygen atoms in total. The molecule has 5 rings (SSSR count). The van der Waals surface area contributed by atoms with Crippen molar-refractivity contribution < 1.29 is 14.3 Å². The summed E-state index contributed by atoms with van der Waals surface area (Å²) < 4.78 is 13.5. The lowest BCUT2D eigenvalue weighted by atomic mass is 9.73. The van der Waals surface area contributed by atoms with Gasteiger partial charge in [-0.05, 0) is 12.8 Å². The van der Waals surface area contributed by atoms with Gasteiger partial charge in [0.25, 0.3) is 0 Å². The molecule has 2 aromatic heterocycles. The number of aromatic nitrogens is 5. The van der Waals surface area contributed by atoms with Crippen molar-refractivity contribution in [3.8, 4) is 5.88 Å². The van der Waals surface area contributed by atoms with Crippen LogP contribution in [0, 0.1) is 11.8 Å². The zero-order valence-electron chi connectivity index (χ0n) is 16.4. The third kappa shape index (κ3) is 3.31. The van der Waals surface area contributed by atoms with Crippen molar-refractivity contribution in [2.24, 2.45) is 11.8 Å². The number of anilines is 1. The summed E-state index contributed by atoms with van der Waals surface area (Å²) in [4.78, 5) is 23.1. The fraction of sp³-hybridized carbons (Fsp3) is 0.632. The second-order valence-corrected chi connectivity index (χ2v) is 8.08. The highest BCUT2D eigenvalue weighted by molar-refractivity contribution is 5.75. The van der Waals surface area contributed by atoms with Crippen LogP contribution in [-0.4, -0.2) is 69.1 Å². The number of nitrogens with zero attached hydrogens (tertiary/aromatic N) is 6. The van der Waals surface area contributed by atoms with Crippen LogP contribution in [0.15, 0.2) is 25.0 Å². The molecule has 0 saturated carbocycles. The smallest absolute Gasteiger partial charge is 0.221 e. The van der Waals surface area contributed by atoms with E-state index in [9.17, 15) is 4.79 Å². The van der Waals surface area contributed by atoms with Crippen molar-refractivity contribution in [3.05, 3.63) is 25.0 Å². The van der Waals surface area contributed by atoms with Crippen LogP contribution in [0.2, 0.25) is 0 Å². The van der Waals surface area contributed by atoms with Gasteiger partial charge in [-0.15, -0.1) is 10.2 Å². The summed E-state index contributed by atoms with van der Waals surface area (Å²) in [6.07, 6.45) is 7.55. The van der Waals surface area contributed by atoms with Gasteiger partial charge in [-0.3, -0.25) is 4.79 Å². The number of hydrogen-bond donors (Lipinski definition) is 1. The Labute approximate surface area is 168 Å². The largest absolute Gasteiger partial charge is 0.481 e. The second-order valence-electron chi connectivity index (χ2n) is 8.08. The Hall–Kier alpha value is -2.75. The molecule has 0 aromatic carbocycles. The summed E-state index contributed by atoms with van der Waals surface area (Å²) in [6.45, 7) is 2.93. The molecule has 0 aliphatic carbocycles. The minimum Gasteiger partial charge on any atom is -0.481 e. The van der Waals surface area contributed by atoms with Gasteiger partial charge in [-0.1, -0.05) is 0 Å². The molecule has 154 valence electrons. The third-order valence-corrected chi connectivity index (χ3v) is 6.54. The molecule has 3 aliphatic rings. The van der Waals surface area contributed by atoms with Crippen molar-refractivity contribution in [1.82, 2.24) is 30.0 Å². The van der Waals surface area contributed by atoms with Crippen molar-refractivity contribution in [2.45, 2.75) is 37.5 Å². The molecule has 4 atom stereocenters. The number of nitrogens with one attached hydrogen (secondary N) is 1. The van der Waals surface area contributed by atoms with Crippen LogP contribution in [0.3, 0.4) is 0 Å². The Bertz CT molecular complexity index is 876. The van der Waals surface area contributed by atoms with E-state index >= 15 is 0 Å². The SMILES string of the molecule is COc1cc(N2C[C@@H]3[C@H](CNC(=O)CCn4cnnc4)[C@H]4CC[C@]3(C2)O4)ncn1. The lowest BCUT2D eigenvalue weighted by Crippen LogP contribution is -2.42. The van der Waals surface area contributed by atoms with Gasteiger partial charge in [0.2, 0.25) is 11.8 Å². The lowest BCUT2D eigenvalue weighted by molar-refractivity contribution is -0.121. The molecular formula is C19H25N7O3. The van der Waals surface area contributed by atoms with E-state index in [2.05, 4.69) is 30.4 Å². The average molecular weight is 399 g/mol. The number of rotatable bonds is 7. The van der Waals surface area contributed by atoms with Gasteiger partial charge in [0, 0.05) is 50.5 Å². The van der Waals surface area contributed by atoms with Crippen LogP contribution in [0.4, 0.5) is 5.82 Å². The molecule has 0 radical (unpaired) electrons. The molecule has 3 aliphatic heterocycles. The maximum atomic E-state index is 12.3. The predicted octanol–water partition coefficient (Wildman–Crippen LogP) is 0.267. The zero-order valence-corrected chi connectivity index (χ0v) is 16.4. The van der Waals surface area contributed by atoms with E-state index in [0.29, 0.717) is 37.2 Å². The Morgan fingerprint density at radius 3 is 3.07 bits per heavy atom. The summed E-state index contributed by atoms with van der Waals surface area (Å²) in [5.74, 6) is 2.19. The fourth-order valence-electron chi connectivity index (χ4n) is 5.14. The summed E-state index contributed by atoms with van der Waals surface area (Å²) >= 11 is 0. The van der Waals surface area contributed by atoms with Gasteiger partial charge in [0.1, 0.15) is 24.8 Å². The molecule has 2 bridgehead atoms. The minimum absolute atomic E-state index is 0.0471. The Balaban J connectivity index is 1.21. The van der Waals surface area contributed by atoms with E-state index in [1.54, 1.807) is 24.3 Å². The normalized spacial score (nSPS) is 29.8. The minimum atomic E-state index is -0.124. The van der Waals surface area contributed by atoms with Crippen LogP contribution < -0.4 is 15.0 Å². The molecule has 3 fully saturated rings. The van der Waals surface area contributed by atoms with Crippen molar-refractivity contribution in [1.29, 1.82) is 0 Å². The summed E-state index contributed by atoms with van der Waals surface area (Å²) in [5.41, 5.74) is -0.124. The third-order valence-electron chi connectivity index (χ3n) is 6.54. The van der Waals surface area contributed by atoms with E-state index in [4.69, 9.17) is 9.47 Å². The maximum Gasteiger partial charge on any atom is 0.221 e. The van der Waals surface area contributed by atoms with Gasteiger partial charge in [0.15, 0.2) is 0 Å². The lowest BCUT2D eigenvalue weighted by Gasteiger charge is -2.29. The summed E-state index contributed by atoms with van der Waals surface area (Å²) in [7, 11) is 1.61. The number of aryl methyl sites for hydroxylation is 1. The molecule has 1 amide bonds. The molecule has 2 aromatic rings. The molecule has 5 heterocycles. The predicted molar refractivity (Wildman–Crippen MR) is 102 cm³/mol. The standard InChI is InChI=1S/C19H25N7O3/c1-28-18-6-16(21-10-22-18)26-8-14-13(15-2-4-19(14,9-26)29-15)7-20-17(27)3-5-25-11-23-24-12-25/h6,10-15H,2-5,7-9H2,1H3,(H,20,27)/t13-,14+,15+,19+/m0/s1. The maximum absolute atomic E-state index is 12.3. The van der Waals surface area contributed by atoms with E-state index in [1.807, 2.05) is 6.07 Å². The van der Waals surface area contributed by atoms with Crippen LogP contribution >= 0.6 is 0 Å². The second kappa shape index (κ2) is 7.25. The molecule has 1 N–H and O–H groups in total. The van der Waals surface area contributed by atoms with Crippen LogP contribution in [0.5, 0.6) is 5.88 Å². The molecule has 1 spiro atoms. The highest BCUT2D eigenvalue weighted by Gasteiger charge is 2.63. The summed E-state index contributed by atoms with van der Waals surface area (Å²) in [5, 5.41) is 10.6. The number of carbonyl (C=O) groups excluding carboxylic acids is 1. The topological polar surface area (TPSA) is 107 Å². The highest BCUT2D eigenvalue weighted by Crippen LogP contribution is 2.55. The van der Waals surface area contributed by atoms with Crippen molar-refractivity contribution in [3.63, 3.8) is 0 Å². The Morgan fingerprint density at radius 1 is 1.38 bits per heavy atom. The van der Waals surface area contributed by atoms with Crippen LogP contribution in [0.25, 0.3) is 0 Å². The first-order valence-electron chi connectivity index (χ1n) is 10.0. The number of carbonyl (C=O) groups is 1. The van der Waals surface area contributed by atoms with E-state index < -0.39 is 0 Å². The monoisotopic (exact) mass is 399 g/mol. The van der Waals surface area contributed by atoms with Crippen molar-refractivity contribution >= 4 is 11.7 Å². The number of ether oxygens (including phenoxy) is 2. The zero-order chi connectivity index (χ0) is 19.8. The number of methoxy groups -OCH3 is 1. The first-order valence-corrected chi connectivity index (χ1v) is 10.0. The van der Waals surface area contributed by atoms with Gasteiger partial charge in [-0.2, -0.15) is 0 Å². The molecular weight excluding hydrogens is 374 g/mol. The number of amides is 1. The first-order chi connectivity index (χ1) is 14.2. The molecule has 29 heavy (non-hydrogen) atoms.